The molecule has 0 bridgehead atoms. The zero-order chi connectivity index (χ0) is 16.1. The fourth-order valence-corrected chi connectivity index (χ4v) is 2.59. The van der Waals surface area contributed by atoms with Crippen molar-refractivity contribution in [3.8, 4) is 17.2 Å². The van der Waals surface area contributed by atoms with Gasteiger partial charge in [-0.1, -0.05) is 29.8 Å². The molecule has 2 rings (SSSR count). The second-order valence-corrected chi connectivity index (χ2v) is 5.39. The van der Waals surface area contributed by atoms with Gasteiger partial charge in [0.2, 0.25) is 0 Å². The number of hydrogen-bond donors (Lipinski definition) is 2. The van der Waals surface area contributed by atoms with Crippen LogP contribution in [0.25, 0.3) is 11.1 Å². The molecule has 2 aromatic rings. The molecule has 0 aliphatic heterocycles. The number of nitriles is 1. The maximum Gasteiger partial charge on any atom is 0.304 e. The van der Waals surface area contributed by atoms with E-state index >= 15 is 0 Å². The van der Waals surface area contributed by atoms with Gasteiger partial charge in [0.15, 0.2) is 0 Å². The molecule has 4 nitrogen and oxygen atoms in total. The Morgan fingerprint density at radius 2 is 2.09 bits per heavy atom. The van der Waals surface area contributed by atoms with Gasteiger partial charge < -0.3 is 10.8 Å². The van der Waals surface area contributed by atoms with Crippen LogP contribution in [-0.2, 0) is 4.79 Å². The third kappa shape index (κ3) is 3.64. The fourth-order valence-electron chi connectivity index (χ4n) is 2.42. The molecular formula is C17H15ClN2O2. The Labute approximate surface area is 133 Å². The van der Waals surface area contributed by atoms with Crippen LogP contribution in [0.15, 0.2) is 42.5 Å². The molecule has 5 heteroatoms. The summed E-state index contributed by atoms with van der Waals surface area (Å²) in [7, 11) is 0. The molecule has 0 spiro atoms. The summed E-state index contributed by atoms with van der Waals surface area (Å²) in [5.74, 6) is -1.21. The number of benzene rings is 2. The lowest BCUT2D eigenvalue weighted by atomic mass is 9.88. The van der Waals surface area contributed by atoms with Crippen molar-refractivity contribution in [1.82, 2.24) is 0 Å². The van der Waals surface area contributed by atoms with Crippen molar-refractivity contribution in [3.05, 3.63) is 58.6 Å². The van der Waals surface area contributed by atoms with E-state index in [-0.39, 0.29) is 18.9 Å². The Balaban J connectivity index is 2.56. The number of hydrogen-bond acceptors (Lipinski definition) is 3. The van der Waals surface area contributed by atoms with Crippen molar-refractivity contribution in [1.29, 1.82) is 5.26 Å². The summed E-state index contributed by atoms with van der Waals surface area (Å²) in [5.41, 5.74) is 8.73. The van der Waals surface area contributed by atoms with Crippen molar-refractivity contribution < 1.29 is 9.90 Å². The van der Waals surface area contributed by atoms with Crippen molar-refractivity contribution >= 4 is 17.6 Å². The van der Waals surface area contributed by atoms with E-state index in [4.69, 9.17) is 27.7 Å². The third-order valence-corrected chi connectivity index (χ3v) is 3.70. The predicted octanol–water partition coefficient (Wildman–Crippen LogP) is 3.40. The number of rotatable bonds is 5. The average Bonchev–Trinajstić information content (AvgIpc) is 2.52. The molecule has 0 saturated heterocycles. The maximum atomic E-state index is 11.0. The number of carboxylic acid groups (broad SMARTS) is 1. The predicted molar refractivity (Wildman–Crippen MR) is 85.7 cm³/mol. The molecule has 0 fully saturated rings. The van der Waals surface area contributed by atoms with Crippen LogP contribution < -0.4 is 5.73 Å². The van der Waals surface area contributed by atoms with E-state index in [1.165, 1.54) is 0 Å². The standard InChI is InChI=1S/C17H15ClN2O2/c18-14-4-5-15(13(10-20)7-17(21)22)16(8-14)12-3-1-2-11(6-12)9-19/h1-6,8,13H,7,10,20H2,(H,21,22)/t13-/m0/s1. The zero-order valence-electron chi connectivity index (χ0n) is 11.8. The largest absolute Gasteiger partial charge is 0.481 e. The van der Waals surface area contributed by atoms with E-state index in [0.717, 1.165) is 16.7 Å². The van der Waals surface area contributed by atoms with Crippen molar-refractivity contribution in [2.24, 2.45) is 5.73 Å². The van der Waals surface area contributed by atoms with Gasteiger partial charge in [0, 0.05) is 10.9 Å². The van der Waals surface area contributed by atoms with Crippen LogP contribution >= 0.6 is 11.6 Å². The highest BCUT2D eigenvalue weighted by Crippen LogP contribution is 2.33. The first-order valence-corrected chi connectivity index (χ1v) is 7.14. The summed E-state index contributed by atoms with van der Waals surface area (Å²) in [6, 6.07) is 14.5. The van der Waals surface area contributed by atoms with Crippen molar-refractivity contribution in [2.45, 2.75) is 12.3 Å². The molecule has 2 aromatic carbocycles. The van der Waals surface area contributed by atoms with E-state index in [0.29, 0.717) is 10.6 Å². The molecule has 0 aromatic heterocycles. The lowest BCUT2D eigenvalue weighted by Gasteiger charge is -2.18. The molecular weight excluding hydrogens is 300 g/mol. The second kappa shape index (κ2) is 7.08. The molecule has 3 N–H and O–H groups in total. The summed E-state index contributed by atoms with van der Waals surface area (Å²) >= 11 is 6.08. The molecule has 1 atom stereocenters. The first-order valence-electron chi connectivity index (χ1n) is 6.77. The second-order valence-electron chi connectivity index (χ2n) is 4.95. The molecule has 0 aliphatic carbocycles. The smallest absolute Gasteiger partial charge is 0.304 e. The molecule has 112 valence electrons. The molecule has 0 amide bonds. The van der Waals surface area contributed by atoms with E-state index in [1.54, 1.807) is 36.4 Å². The lowest BCUT2D eigenvalue weighted by molar-refractivity contribution is -0.137. The van der Waals surface area contributed by atoms with Crippen LogP contribution in [-0.4, -0.2) is 17.6 Å². The topological polar surface area (TPSA) is 87.1 Å². The number of carbonyl (C=O) groups is 1. The first-order chi connectivity index (χ1) is 10.5. The SMILES string of the molecule is N#Cc1cccc(-c2cc(Cl)ccc2[C@H](CN)CC(=O)O)c1. The molecule has 0 aliphatic rings. The normalized spacial score (nSPS) is 11.7. The van der Waals surface area contributed by atoms with Gasteiger partial charge in [0.25, 0.3) is 0 Å². The molecule has 0 unspecified atom stereocenters. The monoisotopic (exact) mass is 314 g/mol. The summed E-state index contributed by atoms with van der Waals surface area (Å²) in [6.45, 7) is 0.221. The highest BCUT2D eigenvalue weighted by Gasteiger charge is 2.18. The minimum Gasteiger partial charge on any atom is -0.481 e. The number of nitrogens with zero attached hydrogens (tertiary/aromatic N) is 1. The molecule has 0 heterocycles. The van der Waals surface area contributed by atoms with Crippen LogP contribution in [0.2, 0.25) is 5.02 Å². The van der Waals surface area contributed by atoms with E-state index < -0.39 is 5.97 Å². The van der Waals surface area contributed by atoms with Gasteiger partial charge in [-0.3, -0.25) is 4.79 Å². The Morgan fingerprint density at radius 1 is 1.32 bits per heavy atom. The van der Waals surface area contributed by atoms with Gasteiger partial charge >= 0.3 is 5.97 Å². The Morgan fingerprint density at radius 3 is 2.73 bits per heavy atom. The van der Waals surface area contributed by atoms with Crippen LogP contribution in [0.5, 0.6) is 0 Å². The minimum absolute atomic E-state index is 0.0525. The van der Waals surface area contributed by atoms with Gasteiger partial charge in [-0.25, -0.2) is 0 Å². The Hall–Kier alpha value is -2.35. The highest BCUT2D eigenvalue weighted by atomic mass is 35.5. The summed E-state index contributed by atoms with van der Waals surface area (Å²) < 4.78 is 0. The van der Waals surface area contributed by atoms with Crippen LogP contribution in [0, 0.1) is 11.3 Å². The quantitative estimate of drug-likeness (QED) is 0.885. The number of carboxylic acids is 1. The van der Waals surface area contributed by atoms with E-state index in [1.807, 2.05) is 6.07 Å². The average molecular weight is 315 g/mol. The summed E-state index contributed by atoms with van der Waals surface area (Å²) in [6.07, 6.45) is -0.0525. The van der Waals surface area contributed by atoms with Gasteiger partial charge in [-0.15, -0.1) is 0 Å². The van der Waals surface area contributed by atoms with E-state index in [9.17, 15) is 4.79 Å². The zero-order valence-corrected chi connectivity index (χ0v) is 12.5. The number of aliphatic carboxylic acids is 1. The van der Waals surface area contributed by atoms with Crippen LogP contribution in [0.1, 0.15) is 23.5 Å². The van der Waals surface area contributed by atoms with Crippen LogP contribution in [0.3, 0.4) is 0 Å². The third-order valence-electron chi connectivity index (χ3n) is 3.46. The van der Waals surface area contributed by atoms with E-state index in [2.05, 4.69) is 6.07 Å². The van der Waals surface area contributed by atoms with Gasteiger partial charge in [0.1, 0.15) is 0 Å². The van der Waals surface area contributed by atoms with Gasteiger partial charge in [0.05, 0.1) is 18.1 Å². The van der Waals surface area contributed by atoms with Crippen molar-refractivity contribution in [2.75, 3.05) is 6.54 Å². The summed E-state index contributed by atoms with van der Waals surface area (Å²) in [4.78, 5) is 11.0. The molecule has 22 heavy (non-hydrogen) atoms. The number of nitrogens with two attached hydrogens (primary N) is 1. The van der Waals surface area contributed by atoms with Gasteiger partial charge in [-0.05, 0) is 47.5 Å². The van der Waals surface area contributed by atoms with Crippen LogP contribution in [0.4, 0.5) is 0 Å². The lowest BCUT2D eigenvalue weighted by Crippen LogP contribution is -2.17. The minimum atomic E-state index is -0.901. The maximum absolute atomic E-state index is 11.0. The van der Waals surface area contributed by atoms with Crippen molar-refractivity contribution in [3.63, 3.8) is 0 Å². The fraction of sp³-hybridized carbons (Fsp3) is 0.176. The Kier molecular flexibility index (Phi) is 5.16. The highest BCUT2D eigenvalue weighted by molar-refractivity contribution is 6.30. The number of halogens is 1. The first kappa shape index (κ1) is 16.0. The van der Waals surface area contributed by atoms with Gasteiger partial charge in [-0.2, -0.15) is 5.26 Å². The summed E-state index contributed by atoms with van der Waals surface area (Å²) in [5, 5.41) is 18.6. The Bertz CT molecular complexity index is 738. The molecule has 0 radical (unpaired) electrons. The molecule has 0 saturated carbocycles.